The van der Waals surface area contributed by atoms with Gasteiger partial charge >= 0.3 is 0 Å². The van der Waals surface area contributed by atoms with Crippen LogP contribution in [0.3, 0.4) is 0 Å². The van der Waals surface area contributed by atoms with Gasteiger partial charge in [0.05, 0.1) is 24.2 Å². The average Bonchev–Trinajstić information content (AvgIpc) is 2.91. The minimum absolute atomic E-state index is 0.0552. The second kappa shape index (κ2) is 7.59. The molecule has 1 unspecified atom stereocenters. The Labute approximate surface area is 179 Å². The quantitative estimate of drug-likeness (QED) is 0.600. The number of hydrogen-bond acceptors (Lipinski definition) is 4. The molecule has 0 aromatic heterocycles. The lowest BCUT2D eigenvalue weighted by Crippen LogP contribution is -2.41. The van der Waals surface area contributed by atoms with E-state index in [2.05, 4.69) is 0 Å². The number of fused-ring (bicyclic) bond motifs is 1. The molecule has 2 N–H and O–H groups in total. The summed E-state index contributed by atoms with van der Waals surface area (Å²) in [5, 5.41) is 21.8. The van der Waals surface area contributed by atoms with Crippen molar-refractivity contribution in [2.45, 2.75) is 25.5 Å². The van der Waals surface area contributed by atoms with E-state index in [1.807, 2.05) is 31.2 Å². The molecule has 5 nitrogen and oxygen atoms in total. The molecule has 1 atom stereocenters. The van der Waals surface area contributed by atoms with Crippen LogP contribution in [0.15, 0.2) is 66.7 Å². The highest BCUT2D eigenvalue weighted by molar-refractivity contribution is 6.31. The Kier molecular flexibility index (Phi) is 5.10. The average molecular weight is 422 g/mol. The van der Waals surface area contributed by atoms with E-state index in [9.17, 15) is 19.8 Å². The number of carbonyl (C=O) groups excluding carboxylic acids is 2. The minimum atomic E-state index is -2.07. The molecule has 6 heteroatoms. The number of phenolic OH excluding ortho intramolecular Hbond substituents is 1. The fourth-order valence-electron chi connectivity index (χ4n) is 3.85. The van der Waals surface area contributed by atoms with Crippen LogP contribution in [0.4, 0.5) is 5.69 Å². The summed E-state index contributed by atoms with van der Waals surface area (Å²) in [7, 11) is 0. The Morgan fingerprint density at radius 2 is 1.77 bits per heavy atom. The van der Waals surface area contributed by atoms with Crippen molar-refractivity contribution in [3.05, 3.63) is 94.0 Å². The maximum absolute atomic E-state index is 13.4. The molecule has 3 aromatic carbocycles. The van der Waals surface area contributed by atoms with E-state index in [0.29, 0.717) is 10.7 Å². The number of halogens is 1. The lowest BCUT2D eigenvalue weighted by Gasteiger charge is -2.23. The van der Waals surface area contributed by atoms with Gasteiger partial charge in [0.15, 0.2) is 11.4 Å². The van der Waals surface area contributed by atoms with Crippen LogP contribution in [0.5, 0.6) is 5.75 Å². The second-order valence-electron chi connectivity index (χ2n) is 7.46. The molecule has 0 aliphatic carbocycles. The number of ketones is 1. The molecular weight excluding hydrogens is 402 g/mol. The monoisotopic (exact) mass is 421 g/mol. The van der Waals surface area contributed by atoms with Crippen LogP contribution in [-0.4, -0.2) is 21.9 Å². The van der Waals surface area contributed by atoms with Crippen molar-refractivity contribution in [2.24, 2.45) is 0 Å². The molecule has 4 rings (SSSR count). The summed E-state index contributed by atoms with van der Waals surface area (Å²) in [5.74, 6) is -1.32. The van der Waals surface area contributed by atoms with Crippen molar-refractivity contribution >= 4 is 29.0 Å². The number of para-hydroxylation sites is 1. The highest BCUT2D eigenvalue weighted by Gasteiger charge is 2.51. The first-order valence-corrected chi connectivity index (χ1v) is 9.89. The number of aromatic hydroxyl groups is 1. The molecule has 1 aliphatic heterocycles. The van der Waals surface area contributed by atoms with Gasteiger partial charge in [-0.2, -0.15) is 0 Å². The topological polar surface area (TPSA) is 77.8 Å². The summed E-state index contributed by atoms with van der Waals surface area (Å²) in [6.45, 7) is 2.21. The van der Waals surface area contributed by atoms with Crippen LogP contribution in [0.25, 0.3) is 0 Å². The number of aryl methyl sites for hydroxylation is 1. The number of rotatable bonds is 5. The molecule has 0 saturated carbocycles. The summed E-state index contributed by atoms with van der Waals surface area (Å²) in [6.07, 6.45) is -0.499. The number of aliphatic hydroxyl groups is 1. The van der Waals surface area contributed by atoms with Crippen molar-refractivity contribution < 1.29 is 19.8 Å². The number of anilines is 1. The molecule has 30 heavy (non-hydrogen) atoms. The second-order valence-corrected chi connectivity index (χ2v) is 7.89. The van der Waals surface area contributed by atoms with Crippen LogP contribution in [0.1, 0.15) is 33.5 Å². The maximum atomic E-state index is 13.4. The molecule has 0 saturated heterocycles. The molecule has 0 bridgehead atoms. The van der Waals surface area contributed by atoms with Crippen LogP contribution >= 0.6 is 11.6 Å². The fourth-order valence-corrected chi connectivity index (χ4v) is 4.02. The first kappa shape index (κ1) is 20.1. The first-order chi connectivity index (χ1) is 14.3. The number of amides is 1. The normalized spacial score (nSPS) is 17.8. The first-order valence-electron chi connectivity index (χ1n) is 9.51. The predicted molar refractivity (Wildman–Crippen MR) is 115 cm³/mol. The largest absolute Gasteiger partial charge is 0.507 e. The molecular formula is C24H20ClNO4. The van der Waals surface area contributed by atoms with Crippen molar-refractivity contribution in [1.29, 1.82) is 0 Å². The van der Waals surface area contributed by atoms with Crippen LogP contribution in [-0.2, 0) is 16.9 Å². The van der Waals surface area contributed by atoms with Gasteiger partial charge in [-0.05, 0) is 48.4 Å². The summed E-state index contributed by atoms with van der Waals surface area (Å²) >= 11 is 6.14. The lowest BCUT2D eigenvalue weighted by molar-refractivity contribution is -0.136. The Morgan fingerprint density at radius 1 is 1.07 bits per heavy atom. The molecule has 1 aliphatic rings. The SMILES string of the molecule is Cc1ccccc1CN1C(=O)C(O)(CC(=O)c2ccccc2O)c2cc(Cl)ccc21. The van der Waals surface area contributed by atoms with Crippen molar-refractivity contribution in [3.8, 4) is 5.75 Å². The van der Waals surface area contributed by atoms with Gasteiger partial charge in [-0.3, -0.25) is 9.59 Å². The van der Waals surface area contributed by atoms with E-state index in [0.717, 1.165) is 11.1 Å². The van der Waals surface area contributed by atoms with Gasteiger partial charge in [0.2, 0.25) is 0 Å². The molecule has 1 amide bonds. The fraction of sp³-hybridized carbons (Fsp3) is 0.167. The molecule has 152 valence electrons. The number of hydrogen-bond donors (Lipinski definition) is 2. The van der Waals surface area contributed by atoms with Gasteiger partial charge in [-0.1, -0.05) is 48.0 Å². The van der Waals surface area contributed by atoms with E-state index >= 15 is 0 Å². The number of Topliss-reactive ketones (excluding diaryl/α,β-unsaturated/α-hetero) is 1. The highest BCUT2D eigenvalue weighted by Crippen LogP contribution is 2.45. The van der Waals surface area contributed by atoms with E-state index in [1.54, 1.807) is 24.3 Å². The van der Waals surface area contributed by atoms with E-state index in [4.69, 9.17) is 11.6 Å². The predicted octanol–water partition coefficient (Wildman–Crippen LogP) is 4.36. The minimum Gasteiger partial charge on any atom is -0.507 e. The van der Waals surface area contributed by atoms with Gasteiger partial charge in [0.25, 0.3) is 5.91 Å². The summed E-state index contributed by atoms with van der Waals surface area (Å²) in [4.78, 5) is 27.7. The van der Waals surface area contributed by atoms with Gasteiger partial charge in [0, 0.05) is 10.6 Å². The molecule has 3 aromatic rings. The molecule has 0 fully saturated rings. The highest BCUT2D eigenvalue weighted by atomic mass is 35.5. The summed E-state index contributed by atoms with van der Waals surface area (Å²) in [5.41, 5.74) is 0.740. The lowest BCUT2D eigenvalue weighted by atomic mass is 9.88. The third-order valence-electron chi connectivity index (χ3n) is 5.50. The van der Waals surface area contributed by atoms with Crippen LogP contribution < -0.4 is 4.90 Å². The van der Waals surface area contributed by atoms with Gasteiger partial charge in [0.1, 0.15) is 5.75 Å². The molecule has 1 heterocycles. The van der Waals surface area contributed by atoms with E-state index in [1.165, 1.54) is 23.1 Å². The summed E-state index contributed by atoms with van der Waals surface area (Å²) < 4.78 is 0. The molecule has 0 spiro atoms. The Hall–Kier alpha value is -3.15. The number of carbonyl (C=O) groups is 2. The third-order valence-corrected chi connectivity index (χ3v) is 5.74. The standard InChI is InChI=1S/C24H20ClNO4/c1-15-6-2-3-7-16(15)14-26-20-11-10-17(25)12-19(20)24(30,23(26)29)13-22(28)18-8-4-5-9-21(18)27/h2-12,27,30H,13-14H2,1H3. The summed E-state index contributed by atoms with van der Waals surface area (Å²) in [6, 6.07) is 18.6. The van der Waals surface area contributed by atoms with Crippen molar-refractivity contribution in [3.63, 3.8) is 0 Å². The number of benzene rings is 3. The Bertz CT molecular complexity index is 1160. The zero-order chi connectivity index (χ0) is 21.5. The maximum Gasteiger partial charge on any atom is 0.264 e. The van der Waals surface area contributed by atoms with Gasteiger partial charge in [-0.25, -0.2) is 0 Å². The third kappa shape index (κ3) is 3.36. The zero-order valence-corrected chi connectivity index (χ0v) is 17.1. The van der Waals surface area contributed by atoms with Crippen molar-refractivity contribution in [1.82, 2.24) is 0 Å². The smallest absolute Gasteiger partial charge is 0.264 e. The van der Waals surface area contributed by atoms with E-state index in [-0.39, 0.29) is 23.4 Å². The Balaban J connectivity index is 1.74. The van der Waals surface area contributed by atoms with Gasteiger partial charge < -0.3 is 15.1 Å². The van der Waals surface area contributed by atoms with Crippen LogP contribution in [0.2, 0.25) is 5.02 Å². The van der Waals surface area contributed by atoms with Gasteiger partial charge in [-0.15, -0.1) is 0 Å². The Morgan fingerprint density at radius 3 is 2.50 bits per heavy atom. The molecule has 0 radical (unpaired) electrons. The van der Waals surface area contributed by atoms with Crippen LogP contribution in [0, 0.1) is 6.92 Å². The van der Waals surface area contributed by atoms with Crippen molar-refractivity contribution in [2.75, 3.05) is 4.90 Å². The van der Waals surface area contributed by atoms with E-state index < -0.39 is 23.7 Å². The number of nitrogens with zero attached hydrogens (tertiary/aromatic N) is 1. The number of phenols is 1. The zero-order valence-electron chi connectivity index (χ0n) is 16.3.